The number of carbonyl (C=O) groups excluding carboxylic acids is 2. The molecule has 4 rings (SSSR count). The number of carbonyl (C=O) groups is 2. The van der Waals surface area contributed by atoms with Gasteiger partial charge in [0.05, 0.1) is 28.3 Å². The molecule has 3 aromatic heterocycles. The molecule has 0 amide bonds. The van der Waals surface area contributed by atoms with Crippen molar-refractivity contribution < 1.29 is 18.7 Å². The maximum atomic E-state index is 12.5. The van der Waals surface area contributed by atoms with Crippen LogP contribution in [0.4, 0.5) is 5.00 Å². The van der Waals surface area contributed by atoms with Crippen molar-refractivity contribution in [1.29, 1.82) is 5.26 Å². The topological polar surface area (TPSA) is 122 Å². The molecule has 1 N–H and O–H groups in total. The fraction of sp³-hybridized carbons (Fsp3) is 0.160. The average Bonchev–Trinajstić information content (AvgIpc) is 3.44. The lowest BCUT2D eigenvalue weighted by Gasteiger charge is -2.05. The number of benzene rings is 1. The minimum Gasteiger partial charge on any atom is -0.462 e. The van der Waals surface area contributed by atoms with Gasteiger partial charge in [0.2, 0.25) is 0 Å². The number of ether oxygens (including phenoxy) is 1. The van der Waals surface area contributed by atoms with Crippen LogP contribution >= 0.6 is 22.7 Å². The van der Waals surface area contributed by atoms with Gasteiger partial charge in [0.25, 0.3) is 0 Å². The highest BCUT2D eigenvalue weighted by Gasteiger charge is 2.24. The first-order chi connectivity index (χ1) is 16.8. The Morgan fingerprint density at radius 2 is 2.09 bits per heavy atom. The summed E-state index contributed by atoms with van der Waals surface area (Å²) >= 11 is 2.31. The first-order valence-electron chi connectivity index (χ1n) is 10.5. The molecule has 3 heterocycles. The van der Waals surface area contributed by atoms with Crippen molar-refractivity contribution in [3.05, 3.63) is 73.3 Å². The Morgan fingerprint density at radius 1 is 1.31 bits per heavy atom. The van der Waals surface area contributed by atoms with Crippen LogP contribution in [0.15, 0.2) is 51.1 Å². The van der Waals surface area contributed by atoms with Crippen LogP contribution in [-0.2, 0) is 4.74 Å². The first-order valence-corrected chi connectivity index (χ1v) is 12.2. The molecule has 0 atom stereocenters. The summed E-state index contributed by atoms with van der Waals surface area (Å²) < 4.78 is 10.5. The molecule has 1 aromatic carbocycles. The highest BCUT2D eigenvalue weighted by atomic mass is 32.1. The maximum Gasteiger partial charge on any atom is 0.345 e. The van der Waals surface area contributed by atoms with Gasteiger partial charge in [-0.1, -0.05) is 18.2 Å². The van der Waals surface area contributed by atoms with Crippen LogP contribution in [0.25, 0.3) is 27.8 Å². The number of hydrogen-bond acceptors (Lipinski definition) is 10. The fourth-order valence-electron chi connectivity index (χ4n) is 3.44. The predicted molar refractivity (Wildman–Crippen MR) is 136 cm³/mol. The van der Waals surface area contributed by atoms with E-state index in [4.69, 9.17) is 9.15 Å². The van der Waals surface area contributed by atoms with E-state index in [1.54, 1.807) is 37.4 Å². The van der Waals surface area contributed by atoms with Crippen LogP contribution in [-0.4, -0.2) is 23.3 Å². The van der Waals surface area contributed by atoms with E-state index in [1.165, 1.54) is 24.5 Å². The molecule has 0 saturated carbocycles. The number of nitriles is 1. The van der Waals surface area contributed by atoms with E-state index in [-0.39, 0.29) is 23.5 Å². The molecule has 10 heteroatoms. The number of hydrogen-bond donors (Lipinski definition) is 1. The molecular weight excluding hydrogens is 486 g/mol. The lowest BCUT2D eigenvalue weighted by molar-refractivity contribution is 0.0527. The normalized spacial score (nSPS) is 11.3. The summed E-state index contributed by atoms with van der Waals surface area (Å²) in [5, 5.41) is 15.9. The number of nitrogens with zero attached hydrogens (tertiary/aromatic N) is 2. The average molecular weight is 506 g/mol. The molecule has 176 valence electrons. The number of fused-ring (bicyclic) bond motifs is 1. The molecule has 4 aromatic rings. The van der Waals surface area contributed by atoms with Gasteiger partial charge in [-0.05, 0) is 38.5 Å². The number of allylic oxidation sites excluding steroid dienone is 1. The van der Waals surface area contributed by atoms with Crippen molar-refractivity contribution in [3.8, 4) is 17.3 Å². The molecule has 0 aliphatic carbocycles. The second-order valence-corrected chi connectivity index (χ2v) is 9.25. The number of esters is 1. The Hall–Kier alpha value is -4.07. The quantitative estimate of drug-likeness (QED) is 0.148. The summed E-state index contributed by atoms with van der Waals surface area (Å²) in [6.07, 6.45) is 1.42. The number of anilines is 1. The van der Waals surface area contributed by atoms with E-state index >= 15 is 0 Å². The van der Waals surface area contributed by atoms with Gasteiger partial charge in [0, 0.05) is 17.0 Å². The van der Waals surface area contributed by atoms with Crippen molar-refractivity contribution in [2.75, 3.05) is 11.9 Å². The Bertz CT molecular complexity index is 1590. The predicted octanol–water partition coefficient (Wildman–Crippen LogP) is 5.64. The second-order valence-electron chi connectivity index (χ2n) is 7.37. The van der Waals surface area contributed by atoms with E-state index < -0.39 is 11.6 Å². The number of ketones is 1. The van der Waals surface area contributed by atoms with Gasteiger partial charge in [-0.3, -0.25) is 4.79 Å². The number of Topliss-reactive ketones (excluding diaryl/α,β-unsaturated/α-hetero) is 1. The summed E-state index contributed by atoms with van der Waals surface area (Å²) in [5.41, 5.74) is 1.61. The van der Waals surface area contributed by atoms with Crippen molar-refractivity contribution in [3.63, 3.8) is 0 Å². The van der Waals surface area contributed by atoms with Gasteiger partial charge in [0.1, 0.15) is 27.2 Å². The molecule has 0 aliphatic rings. The standard InChI is InChI=1S/C25H19N3O5S2/c1-4-32-25(31)20-13(2)21(14(3)29)35-23(20)27-11-16(10-26)22-28-18(12-34-22)17-9-15-7-5-6-8-19(15)33-24(17)30/h5-9,11-12,27H,4H2,1-3H3. The molecule has 0 radical (unpaired) electrons. The summed E-state index contributed by atoms with van der Waals surface area (Å²) in [5.74, 6) is -0.725. The third-order valence-corrected chi connectivity index (χ3v) is 7.27. The lowest BCUT2D eigenvalue weighted by atomic mass is 10.1. The minimum absolute atomic E-state index is 0.172. The third-order valence-electron chi connectivity index (χ3n) is 5.07. The molecule has 0 aliphatic heterocycles. The monoisotopic (exact) mass is 505 g/mol. The Balaban J connectivity index is 1.68. The molecule has 0 fully saturated rings. The highest BCUT2D eigenvalue weighted by molar-refractivity contribution is 7.18. The van der Waals surface area contributed by atoms with Crippen molar-refractivity contribution in [1.82, 2.24) is 4.98 Å². The number of nitrogens with one attached hydrogen (secondary N) is 1. The molecular formula is C25H19N3O5S2. The van der Waals surface area contributed by atoms with Gasteiger partial charge in [-0.25, -0.2) is 14.6 Å². The van der Waals surface area contributed by atoms with Gasteiger partial charge >= 0.3 is 11.6 Å². The van der Waals surface area contributed by atoms with Crippen LogP contribution in [0.2, 0.25) is 0 Å². The summed E-state index contributed by atoms with van der Waals surface area (Å²) in [7, 11) is 0. The summed E-state index contributed by atoms with van der Waals surface area (Å²) in [4.78, 5) is 41.8. The van der Waals surface area contributed by atoms with E-state index in [2.05, 4.69) is 16.4 Å². The SMILES string of the molecule is CCOC(=O)c1c(NC=C(C#N)c2nc(-c3cc4ccccc4oc3=O)cs2)sc(C(C)=O)c1C. The summed E-state index contributed by atoms with van der Waals surface area (Å²) in [6, 6.07) is 11.0. The van der Waals surface area contributed by atoms with E-state index in [9.17, 15) is 19.6 Å². The molecule has 0 spiro atoms. The zero-order valence-electron chi connectivity index (χ0n) is 19.0. The largest absolute Gasteiger partial charge is 0.462 e. The molecule has 0 bridgehead atoms. The number of rotatable bonds is 7. The van der Waals surface area contributed by atoms with E-state index in [0.29, 0.717) is 37.3 Å². The first kappa shape index (κ1) is 24.1. The van der Waals surface area contributed by atoms with Crippen LogP contribution in [0.5, 0.6) is 0 Å². The summed E-state index contributed by atoms with van der Waals surface area (Å²) in [6.45, 7) is 4.99. The maximum absolute atomic E-state index is 12.5. The molecule has 35 heavy (non-hydrogen) atoms. The number of para-hydroxylation sites is 1. The van der Waals surface area contributed by atoms with Gasteiger partial charge in [0.15, 0.2) is 5.78 Å². The zero-order chi connectivity index (χ0) is 25.1. The van der Waals surface area contributed by atoms with Crippen LogP contribution in [0.3, 0.4) is 0 Å². The molecule has 8 nitrogen and oxygen atoms in total. The van der Waals surface area contributed by atoms with E-state index in [1.807, 2.05) is 12.1 Å². The van der Waals surface area contributed by atoms with Crippen molar-refractivity contribution in [2.24, 2.45) is 0 Å². The molecule has 0 unspecified atom stereocenters. The lowest BCUT2D eigenvalue weighted by Crippen LogP contribution is -2.08. The Labute approximate surface area is 208 Å². The van der Waals surface area contributed by atoms with Crippen molar-refractivity contribution >= 4 is 56.0 Å². The van der Waals surface area contributed by atoms with Gasteiger partial charge in [-0.15, -0.1) is 22.7 Å². The van der Waals surface area contributed by atoms with E-state index in [0.717, 1.165) is 16.7 Å². The zero-order valence-corrected chi connectivity index (χ0v) is 20.6. The molecule has 0 saturated heterocycles. The Kier molecular flexibility index (Phi) is 6.91. The van der Waals surface area contributed by atoms with Crippen LogP contribution in [0.1, 0.15) is 44.4 Å². The third kappa shape index (κ3) is 4.77. The number of aromatic nitrogens is 1. The highest BCUT2D eigenvalue weighted by Crippen LogP contribution is 2.35. The van der Waals surface area contributed by atoms with Crippen LogP contribution in [0, 0.1) is 18.3 Å². The smallest absolute Gasteiger partial charge is 0.345 e. The number of thiazole rings is 1. The minimum atomic E-state index is -0.553. The van der Waals surface area contributed by atoms with Crippen molar-refractivity contribution in [2.45, 2.75) is 20.8 Å². The number of thiophene rings is 1. The Morgan fingerprint density at radius 3 is 2.80 bits per heavy atom. The van der Waals surface area contributed by atoms with Gasteiger partial charge in [-0.2, -0.15) is 5.26 Å². The van der Waals surface area contributed by atoms with Gasteiger partial charge < -0.3 is 14.5 Å². The fourth-order valence-corrected chi connectivity index (χ4v) is 5.29. The second kappa shape index (κ2) is 10.0. The van der Waals surface area contributed by atoms with Crippen LogP contribution < -0.4 is 10.9 Å².